The number of allylic oxidation sites excluding steroid dienone is 1. The van der Waals surface area contributed by atoms with Crippen molar-refractivity contribution in [2.45, 2.75) is 114 Å². The van der Waals surface area contributed by atoms with Gasteiger partial charge in [0.2, 0.25) is 15.9 Å². The predicted molar refractivity (Wildman–Crippen MR) is 211 cm³/mol. The second-order valence-corrected chi connectivity index (χ2v) is 18.0. The van der Waals surface area contributed by atoms with Gasteiger partial charge in [-0.1, -0.05) is 38.8 Å². The van der Waals surface area contributed by atoms with Gasteiger partial charge in [0.15, 0.2) is 0 Å². The second-order valence-electron chi connectivity index (χ2n) is 15.1. The van der Waals surface area contributed by atoms with Crippen LogP contribution in [0.2, 0.25) is 0 Å². The van der Waals surface area contributed by atoms with Gasteiger partial charge in [-0.25, -0.2) is 18.4 Å². The summed E-state index contributed by atoms with van der Waals surface area (Å²) in [6, 6.07) is 4.38. The first-order valence-electron chi connectivity index (χ1n) is 18.9. The first-order valence-corrected chi connectivity index (χ1v) is 21.4. The lowest BCUT2D eigenvalue weighted by molar-refractivity contribution is -0.146. The number of benzene rings is 1. The van der Waals surface area contributed by atoms with Gasteiger partial charge >= 0.3 is 0 Å². The molecule has 0 radical (unpaired) electrons. The standard InChI is InChI=1S/C40H51N5O8S2/c1-7-9-10-11-12-13-32(46)38(48)45-21-26(18-31(45)36(47)43-40(20-25(40)8-2)39(49)44-55(50,51)27-14-15-27)53-34-19-29(37-42-30(22-54-37)23(3)4)41-35-24(5)33(52-6)17-16-28(34)35/h7-8,16-17,19,22-23,25-27,31-32,46H,1-2,9-15,18,20-21H2,3-6H3,(H,43,47)(H,44,49)/t25-,26-,31+,32?,40?/m1/s1. The van der Waals surface area contributed by atoms with Crippen molar-refractivity contribution >= 4 is 50.0 Å². The molecule has 3 aliphatic rings. The highest BCUT2D eigenvalue weighted by molar-refractivity contribution is 7.91. The number of aromatic nitrogens is 2. The van der Waals surface area contributed by atoms with E-state index in [1.807, 2.05) is 36.6 Å². The summed E-state index contributed by atoms with van der Waals surface area (Å²) in [7, 11) is -2.29. The first kappa shape index (κ1) is 40.3. The van der Waals surface area contributed by atoms with E-state index in [0.717, 1.165) is 30.5 Å². The fourth-order valence-electron chi connectivity index (χ4n) is 7.17. The molecule has 0 bridgehead atoms. The molecule has 0 spiro atoms. The van der Waals surface area contributed by atoms with Crippen molar-refractivity contribution in [3.8, 4) is 22.2 Å². The molecule has 6 rings (SSSR count). The number of nitrogens with zero attached hydrogens (tertiary/aromatic N) is 3. The Hall–Kier alpha value is -4.34. The molecule has 1 saturated heterocycles. The van der Waals surface area contributed by atoms with Crippen LogP contribution in [0.15, 0.2) is 48.9 Å². The van der Waals surface area contributed by atoms with Crippen molar-refractivity contribution in [3.05, 3.63) is 60.1 Å². The number of sulfonamides is 1. The van der Waals surface area contributed by atoms with Crippen molar-refractivity contribution in [1.29, 1.82) is 0 Å². The highest BCUT2D eigenvalue weighted by Gasteiger charge is 2.62. The van der Waals surface area contributed by atoms with E-state index in [9.17, 15) is 27.9 Å². The van der Waals surface area contributed by atoms with E-state index >= 15 is 0 Å². The van der Waals surface area contributed by atoms with Crippen LogP contribution < -0.4 is 19.5 Å². The van der Waals surface area contributed by atoms with Crippen LogP contribution in [0, 0.1) is 12.8 Å². The summed E-state index contributed by atoms with van der Waals surface area (Å²) in [6.07, 6.45) is 5.75. The third-order valence-corrected chi connectivity index (χ3v) is 13.5. The van der Waals surface area contributed by atoms with Gasteiger partial charge in [0, 0.05) is 34.7 Å². The number of fused-ring (bicyclic) bond motifs is 1. The Kier molecular flexibility index (Phi) is 12.0. The summed E-state index contributed by atoms with van der Waals surface area (Å²) in [5.41, 5.74) is 1.46. The van der Waals surface area contributed by atoms with Gasteiger partial charge in [-0.05, 0) is 63.5 Å². The van der Waals surface area contributed by atoms with Gasteiger partial charge in [-0.15, -0.1) is 24.5 Å². The second kappa shape index (κ2) is 16.4. The Balaban J connectivity index is 1.30. The molecule has 3 amide bonds. The molecule has 13 nitrogen and oxygen atoms in total. The quantitative estimate of drug-likeness (QED) is 0.113. The average Bonchev–Trinajstić information content (AvgIpc) is 4.04. The number of ether oxygens (including phenoxy) is 2. The van der Waals surface area contributed by atoms with E-state index in [2.05, 4.69) is 37.0 Å². The lowest BCUT2D eigenvalue weighted by atomic mass is 10.1. The maximum absolute atomic E-state index is 14.2. The molecule has 2 aliphatic carbocycles. The minimum Gasteiger partial charge on any atom is -0.496 e. The van der Waals surface area contributed by atoms with Gasteiger partial charge in [0.25, 0.3) is 11.8 Å². The average molecular weight is 794 g/mol. The molecule has 55 heavy (non-hydrogen) atoms. The number of amides is 3. The van der Waals surface area contributed by atoms with Crippen LogP contribution in [0.25, 0.3) is 21.6 Å². The number of aryl methyl sites for hydroxylation is 1. The van der Waals surface area contributed by atoms with Gasteiger partial charge < -0.3 is 24.8 Å². The maximum atomic E-state index is 14.2. The van der Waals surface area contributed by atoms with Crippen LogP contribution in [-0.4, -0.2) is 88.8 Å². The number of nitrogens with one attached hydrogen (secondary N) is 2. The lowest BCUT2D eigenvalue weighted by Gasteiger charge is -2.28. The molecule has 3 heterocycles. The first-order chi connectivity index (χ1) is 26.2. The van der Waals surface area contributed by atoms with E-state index in [1.165, 1.54) is 22.3 Å². The molecule has 3 fully saturated rings. The Labute approximate surface area is 326 Å². The van der Waals surface area contributed by atoms with Gasteiger partial charge in [0.05, 0.1) is 30.1 Å². The largest absolute Gasteiger partial charge is 0.496 e. The Morgan fingerprint density at radius 1 is 1.15 bits per heavy atom. The van der Waals surface area contributed by atoms with Crippen molar-refractivity contribution in [1.82, 2.24) is 24.9 Å². The minimum atomic E-state index is -3.89. The minimum absolute atomic E-state index is 0.0202. The molecule has 1 aromatic carbocycles. The number of aliphatic hydroxyl groups excluding tert-OH is 1. The van der Waals surface area contributed by atoms with Crippen molar-refractivity contribution in [2.24, 2.45) is 5.92 Å². The van der Waals surface area contributed by atoms with E-state index in [0.29, 0.717) is 52.4 Å². The van der Waals surface area contributed by atoms with Crippen LogP contribution in [0.3, 0.4) is 0 Å². The van der Waals surface area contributed by atoms with E-state index in [4.69, 9.17) is 19.4 Å². The molecule has 2 aromatic heterocycles. The highest BCUT2D eigenvalue weighted by Crippen LogP contribution is 2.46. The van der Waals surface area contributed by atoms with Gasteiger partial charge in [0.1, 0.15) is 46.0 Å². The molecule has 3 N–H and O–H groups in total. The number of unbranched alkanes of at least 4 members (excludes halogenated alkanes) is 3. The highest BCUT2D eigenvalue weighted by atomic mass is 32.2. The molecule has 2 saturated carbocycles. The maximum Gasteiger partial charge on any atom is 0.259 e. The van der Waals surface area contributed by atoms with Crippen molar-refractivity contribution < 1.29 is 37.4 Å². The number of pyridine rings is 1. The number of hydrogen-bond acceptors (Lipinski definition) is 11. The summed E-state index contributed by atoms with van der Waals surface area (Å²) in [5.74, 6) is -1.25. The number of hydrogen-bond donors (Lipinski definition) is 3. The van der Waals surface area contributed by atoms with Crippen LogP contribution in [0.1, 0.15) is 88.8 Å². The van der Waals surface area contributed by atoms with E-state index in [1.54, 1.807) is 7.11 Å². The summed E-state index contributed by atoms with van der Waals surface area (Å²) in [6.45, 7) is 13.6. The van der Waals surface area contributed by atoms with Crippen LogP contribution in [-0.2, 0) is 24.4 Å². The smallest absolute Gasteiger partial charge is 0.259 e. The number of rotatable bonds is 18. The summed E-state index contributed by atoms with van der Waals surface area (Å²) in [5, 5.41) is 16.7. The monoisotopic (exact) mass is 793 g/mol. The Bertz CT molecular complexity index is 2080. The molecular weight excluding hydrogens is 743 g/mol. The molecule has 2 unspecified atom stereocenters. The summed E-state index contributed by atoms with van der Waals surface area (Å²) >= 11 is 1.48. The lowest BCUT2D eigenvalue weighted by Crippen LogP contribution is -2.57. The molecule has 1 aliphatic heterocycles. The van der Waals surface area contributed by atoms with Crippen LogP contribution in [0.5, 0.6) is 11.5 Å². The van der Waals surface area contributed by atoms with Gasteiger partial charge in [-0.3, -0.25) is 19.1 Å². The van der Waals surface area contributed by atoms with Crippen molar-refractivity contribution in [3.63, 3.8) is 0 Å². The third-order valence-electron chi connectivity index (χ3n) is 10.8. The number of carbonyl (C=O) groups excluding carboxylic acids is 3. The molecule has 3 aromatic rings. The fourth-order valence-corrected chi connectivity index (χ4v) is 9.47. The zero-order valence-corrected chi connectivity index (χ0v) is 33.5. The molecule has 15 heteroatoms. The van der Waals surface area contributed by atoms with Crippen LogP contribution in [0.4, 0.5) is 0 Å². The molecule has 5 atom stereocenters. The zero-order chi connectivity index (χ0) is 39.7. The van der Waals surface area contributed by atoms with E-state index in [-0.39, 0.29) is 31.7 Å². The topological polar surface area (TPSA) is 177 Å². The number of carbonyl (C=O) groups is 3. The van der Waals surface area contributed by atoms with Gasteiger partial charge in [-0.2, -0.15) is 0 Å². The fraction of sp³-hybridized carbons (Fsp3) is 0.525. The number of likely N-dealkylation sites (tertiary alicyclic amines) is 1. The molecular formula is C40H51N5O8S2. The number of methoxy groups -OCH3 is 1. The Morgan fingerprint density at radius 3 is 2.55 bits per heavy atom. The number of thiazole rings is 1. The zero-order valence-electron chi connectivity index (χ0n) is 31.9. The number of aliphatic hydroxyl groups is 1. The normalized spacial score (nSPS) is 22.7. The van der Waals surface area contributed by atoms with E-state index < -0.39 is 62.7 Å². The SMILES string of the molecule is C=CCCCCCC(O)C(=O)N1C[C@H](Oc2cc(-c3nc(C(C)C)cs3)nc3c(C)c(OC)ccc23)C[C@H]1C(=O)NC1(C(=O)NS(=O)(=O)C2CC2)C[C@H]1C=C. The summed E-state index contributed by atoms with van der Waals surface area (Å²) < 4.78 is 39.9. The molecule has 296 valence electrons. The Morgan fingerprint density at radius 2 is 1.91 bits per heavy atom. The summed E-state index contributed by atoms with van der Waals surface area (Å²) in [4.78, 5) is 52.7. The van der Waals surface area contributed by atoms with Crippen LogP contribution >= 0.6 is 11.3 Å². The third kappa shape index (κ3) is 8.58. The van der Waals surface area contributed by atoms with Crippen molar-refractivity contribution in [2.75, 3.05) is 13.7 Å². The predicted octanol–water partition coefficient (Wildman–Crippen LogP) is 5.31.